The molecule has 3 rings (SSSR count). The van der Waals surface area contributed by atoms with Crippen molar-refractivity contribution in [1.82, 2.24) is 4.98 Å². The minimum absolute atomic E-state index is 0.178. The van der Waals surface area contributed by atoms with Gasteiger partial charge in [0.05, 0.1) is 21.3 Å². The Hall–Kier alpha value is -2.71. The van der Waals surface area contributed by atoms with E-state index >= 15 is 0 Å². The van der Waals surface area contributed by atoms with E-state index in [2.05, 4.69) is 28.9 Å². The number of benzene rings is 2. The number of hydrogen-bond donors (Lipinski definition) is 2. The fourth-order valence-corrected chi connectivity index (χ4v) is 5.22. The van der Waals surface area contributed by atoms with E-state index < -0.39 is 10.0 Å². The third-order valence-electron chi connectivity index (χ3n) is 4.42. The van der Waals surface area contributed by atoms with E-state index in [0.717, 1.165) is 17.0 Å². The molecule has 0 aliphatic rings. The van der Waals surface area contributed by atoms with Crippen molar-refractivity contribution in [2.75, 3.05) is 10.0 Å². The molecule has 0 radical (unpaired) electrons. The number of sulfonamides is 1. The van der Waals surface area contributed by atoms with Gasteiger partial charge in [-0.25, -0.2) is 13.4 Å². The molecule has 1 heterocycles. The Morgan fingerprint density at radius 1 is 1.10 bits per heavy atom. The molecular formula is C22H25N3O3S2. The molecule has 158 valence electrons. The molecule has 0 saturated heterocycles. The lowest BCUT2D eigenvalue weighted by molar-refractivity contribution is 0.103. The maximum Gasteiger partial charge on any atom is 0.267 e. The van der Waals surface area contributed by atoms with Crippen molar-refractivity contribution >= 4 is 38.6 Å². The van der Waals surface area contributed by atoms with Gasteiger partial charge in [0.25, 0.3) is 15.9 Å². The number of nitrogens with one attached hydrogen (secondary N) is 2. The Labute approximate surface area is 181 Å². The summed E-state index contributed by atoms with van der Waals surface area (Å²) in [7, 11) is -3.72. The van der Waals surface area contributed by atoms with Gasteiger partial charge in [0.2, 0.25) is 0 Å². The zero-order valence-corrected chi connectivity index (χ0v) is 19.0. The first kappa shape index (κ1) is 22.0. The second-order valence-electron chi connectivity index (χ2n) is 7.52. The molecule has 0 aliphatic heterocycles. The van der Waals surface area contributed by atoms with Crippen LogP contribution in [0.3, 0.4) is 0 Å². The molecule has 30 heavy (non-hydrogen) atoms. The predicted molar refractivity (Wildman–Crippen MR) is 122 cm³/mol. The van der Waals surface area contributed by atoms with Crippen LogP contribution in [0.15, 0.2) is 53.4 Å². The lowest BCUT2D eigenvalue weighted by Crippen LogP contribution is -2.15. The second kappa shape index (κ2) is 8.97. The number of amides is 1. The Morgan fingerprint density at radius 3 is 2.47 bits per heavy atom. The molecule has 1 aromatic heterocycles. The highest BCUT2D eigenvalue weighted by atomic mass is 32.2. The minimum Gasteiger partial charge on any atom is -0.321 e. The quantitative estimate of drug-likeness (QED) is 0.537. The van der Waals surface area contributed by atoms with Crippen molar-refractivity contribution in [1.29, 1.82) is 0 Å². The van der Waals surface area contributed by atoms with Gasteiger partial charge in [0, 0.05) is 12.1 Å². The van der Waals surface area contributed by atoms with E-state index in [0.29, 0.717) is 27.9 Å². The van der Waals surface area contributed by atoms with Crippen LogP contribution in [0.2, 0.25) is 0 Å². The number of thiazole rings is 1. The highest BCUT2D eigenvalue weighted by molar-refractivity contribution is 7.92. The Kier molecular flexibility index (Phi) is 6.58. The SMILES string of the molecule is Cc1ccc(NC(=O)c2sc(CC(C)C)nc2C)cc1NS(=O)(=O)c1ccccc1. The van der Waals surface area contributed by atoms with Gasteiger partial charge in [0.1, 0.15) is 4.88 Å². The average Bonchev–Trinajstić information content (AvgIpc) is 3.04. The van der Waals surface area contributed by atoms with Crippen molar-refractivity contribution in [3.8, 4) is 0 Å². The fourth-order valence-electron chi connectivity index (χ4n) is 2.90. The normalized spacial score (nSPS) is 11.5. The third kappa shape index (κ3) is 5.25. The van der Waals surface area contributed by atoms with Gasteiger partial charge in [-0.15, -0.1) is 11.3 Å². The monoisotopic (exact) mass is 443 g/mol. The molecule has 0 unspecified atom stereocenters. The molecular weight excluding hydrogens is 418 g/mol. The van der Waals surface area contributed by atoms with Gasteiger partial charge in [-0.3, -0.25) is 9.52 Å². The van der Waals surface area contributed by atoms with Crippen LogP contribution in [0.25, 0.3) is 0 Å². The molecule has 8 heteroatoms. The van der Waals surface area contributed by atoms with Crippen molar-refractivity contribution in [2.45, 2.75) is 39.0 Å². The Bertz CT molecular complexity index is 1150. The minimum atomic E-state index is -3.72. The number of aromatic nitrogens is 1. The summed E-state index contributed by atoms with van der Waals surface area (Å²) >= 11 is 1.40. The smallest absolute Gasteiger partial charge is 0.267 e. The highest BCUT2D eigenvalue weighted by Crippen LogP contribution is 2.26. The van der Waals surface area contributed by atoms with Crippen molar-refractivity contribution in [3.05, 3.63) is 69.7 Å². The molecule has 0 spiro atoms. The van der Waals surface area contributed by atoms with Crippen molar-refractivity contribution in [2.24, 2.45) is 5.92 Å². The lowest BCUT2D eigenvalue weighted by Gasteiger charge is -2.13. The number of aryl methyl sites for hydroxylation is 2. The fraction of sp³-hybridized carbons (Fsp3) is 0.273. The van der Waals surface area contributed by atoms with Gasteiger partial charge < -0.3 is 5.32 Å². The van der Waals surface area contributed by atoms with Gasteiger partial charge >= 0.3 is 0 Å². The summed E-state index contributed by atoms with van der Waals surface area (Å²) in [5.41, 5.74) is 2.37. The lowest BCUT2D eigenvalue weighted by atomic mass is 10.1. The van der Waals surface area contributed by atoms with Crippen LogP contribution in [0.1, 0.15) is 39.8 Å². The number of carbonyl (C=O) groups excluding carboxylic acids is 1. The standard InChI is InChI=1S/C22H25N3O3S2/c1-14(2)12-20-23-16(4)21(29-20)22(26)24-17-11-10-15(3)19(13-17)25-30(27,28)18-8-6-5-7-9-18/h5-11,13-14,25H,12H2,1-4H3,(H,24,26). The van der Waals surface area contributed by atoms with Crippen molar-refractivity contribution < 1.29 is 13.2 Å². The van der Waals surface area contributed by atoms with Crippen LogP contribution in [0.4, 0.5) is 11.4 Å². The Balaban J connectivity index is 1.80. The molecule has 0 bridgehead atoms. The zero-order valence-electron chi connectivity index (χ0n) is 17.4. The van der Waals surface area contributed by atoms with E-state index in [1.165, 1.54) is 23.5 Å². The van der Waals surface area contributed by atoms with Crippen LogP contribution in [-0.4, -0.2) is 19.3 Å². The number of rotatable bonds is 7. The zero-order chi connectivity index (χ0) is 21.9. The van der Waals surface area contributed by atoms with E-state index in [4.69, 9.17) is 0 Å². The van der Waals surface area contributed by atoms with Crippen LogP contribution < -0.4 is 10.0 Å². The molecule has 6 nitrogen and oxygen atoms in total. The number of carbonyl (C=O) groups is 1. The summed E-state index contributed by atoms with van der Waals surface area (Å²) in [4.78, 5) is 18.0. The van der Waals surface area contributed by atoms with Crippen molar-refractivity contribution in [3.63, 3.8) is 0 Å². The predicted octanol–water partition coefficient (Wildman–Crippen LogP) is 5.01. The molecule has 1 amide bonds. The topological polar surface area (TPSA) is 88.2 Å². The van der Waals surface area contributed by atoms with E-state index in [1.54, 1.807) is 43.3 Å². The first-order chi connectivity index (χ1) is 14.2. The number of hydrogen-bond acceptors (Lipinski definition) is 5. The van der Waals surface area contributed by atoms with Crippen LogP contribution in [0.5, 0.6) is 0 Å². The molecule has 3 aromatic rings. The molecule has 2 N–H and O–H groups in total. The molecule has 0 fully saturated rings. The molecule has 0 atom stereocenters. The van der Waals surface area contributed by atoms with Crippen LogP contribution in [0, 0.1) is 19.8 Å². The van der Waals surface area contributed by atoms with Gasteiger partial charge in [-0.2, -0.15) is 0 Å². The Morgan fingerprint density at radius 2 is 1.80 bits per heavy atom. The summed E-state index contributed by atoms with van der Waals surface area (Å²) in [5, 5.41) is 3.79. The number of nitrogens with zero attached hydrogens (tertiary/aromatic N) is 1. The third-order valence-corrected chi connectivity index (χ3v) is 6.98. The largest absolute Gasteiger partial charge is 0.321 e. The molecule has 2 aromatic carbocycles. The maximum atomic E-state index is 12.8. The van der Waals surface area contributed by atoms with E-state index in [9.17, 15) is 13.2 Å². The summed E-state index contributed by atoms with van der Waals surface area (Å²) in [6.07, 6.45) is 0.828. The summed E-state index contributed by atoms with van der Waals surface area (Å²) in [6.45, 7) is 7.85. The van der Waals surface area contributed by atoms with E-state index in [1.807, 2.05) is 6.92 Å². The number of anilines is 2. The summed E-state index contributed by atoms with van der Waals surface area (Å²) < 4.78 is 27.9. The van der Waals surface area contributed by atoms with Crippen LogP contribution >= 0.6 is 11.3 Å². The van der Waals surface area contributed by atoms with Gasteiger partial charge in [-0.1, -0.05) is 38.1 Å². The molecule has 0 aliphatic carbocycles. The summed E-state index contributed by atoms with van der Waals surface area (Å²) in [5.74, 6) is 0.212. The first-order valence-corrected chi connectivity index (χ1v) is 11.9. The van der Waals surface area contributed by atoms with Gasteiger partial charge in [0.15, 0.2) is 0 Å². The summed E-state index contributed by atoms with van der Waals surface area (Å²) in [6, 6.07) is 13.3. The van der Waals surface area contributed by atoms with E-state index in [-0.39, 0.29) is 10.8 Å². The first-order valence-electron chi connectivity index (χ1n) is 9.62. The molecule has 0 saturated carbocycles. The average molecular weight is 444 g/mol. The maximum absolute atomic E-state index is 12.8. The highest BCUT2D eigenvalue weighted by Gasteiger charge is 2.18. The second-order valence-corrected chi connectivity index (χ2v) is 10.3. The van der Waals surface area contributed by atoms with Gasteiger partial charge in [-0.05, 0) is 49.6 Å². The van der Waals surface area contributed by atoms with Crippen LogP contribution in [-0.2, 0) is 16.4 Å².